The summed E-state index contributed by atoms with van der Waals surface area (Å²) in [4.78, 5) is 27.5. The molecule has 1 unspecified atom stereocenters. The van der Waals surface area contributed by atoms with Gasteiger partial charge < -0.3 is 15.5 Å². The van der Waals surface area contributed by atoms with Gasteiger partial charge in [-0.1, -0.05) is 43.3 Å². The van der Waals surface area contributed by atoms with Crippen molar-refractivity contribution in [2.75, 3.05) is 29.9 Å². The van der Waals surface area contributed by atoms with E-state index in [-0.39, 0.29) is 11.9 Å². The Morgan fingerprint density at radius 1 is 1.10 bits per heavy atom. The fraction of sp³-hybridized carbons (Fsp3) is 0.391. The molecular formula is C23H29N3O2S. The van der Waals surface area contributed by atoms with Gasteiger partial charge in [0.1, 0.15) is 0 Å². The van der Waals surface area contributed by atoms with E-state index >= 15 is 0 Å². The average molecular weight is 412 g/mol. The first kappa shape index (κ1) is 21.2. The molecule has 0 aliphatic carbocycles. The first-order valence-corrected chi connectivity index (χ1v) is 11.2. The van der Waals surface area contributed by atoms with Crippen molar-refractivity contribution in [3.63, 3.8) is 0 Å². The molecule has 1 aliphatic heterocycles. The number of urea groups is 1. The Labute approximate surface area is 177 Å². The molecule has 29 heavy (non-hydrogen) atoms. The van der Waals surface area contributed by atoms with Crippen LogP contribution in [0.2, 0.25) is 0 Å². The van der Waals surface area contributed by atoms with Crippen LogP contribution in [0.5, 0.6) is 0 Å². The van der Waals surface area contributed by atoms with E-state index in [2.05, 4.69) is 17.6 Å². The fourth-order valence-electron chi connectivity index (χ4n) is 3.41. The summed E-state index contributed by atoms with van der Waals surface area (Å²) in [6, 6.07) is 15.2. The van der Waals surface area contributed by atoms with Gasteiger partial charge in [-0.3, -0.25) is 4.79 Å². The lowest BCUT2D eigenvalue weighted by atomic mass is 9.89. The highest BCUT2D eigenvalue weighted by Gasteiger charge is 2.27. The van der Waals surface area contributed by atoms with Gasteiger partial charge in [-0.15, -0.1) is 0 Å². The molecule has 3 amide bonds. The number of hydrogen-bond acceptors (Lipinski definition) is 3. The summed E-state index contributed by atoms with van der Waals surface area (Å²) in [5.41, 5.74) is 2.77. The normalized spacial score (nSPS) is 16.0. The molecule has 5 nitrogen and oxygen atoms in total. The summed E-state index contributed by atoms with van der Waals surface area (Å²) >= 11 is 1.87. The van der Waals surface area contributed by atoms with Crippen LogP contribution in [0.15, 0.2) is 48.5 Å². The molecular weight excluding hydrogens is 382 g/mol. The third kappa shape index (κ3) is 5.12. The van der Waals surface area contributed by atoms with E-state index in [0.717, 1.165) is 42.1 Å². The van der Waals surface area contributed by atoms with Gasteiger partial charge in [-0.2, -0.15) is 11.8 Å². The molecule has 1 fully saturated rings. The van der Waals surface area contributed by atoms with Crippen molar-refractivity contribution in [1.29, 1.82) is 0 Å². The Balaban J connectivity index is 1.73. The first-order chi connectivity index (χ1) is 13.9. The Hall–Kier alpha value is -2.47. The van der Waals surface area contributed by atoms with E-state index in [4.69, 9.17) is 0 Å². The molecule has 2 N–H and O–H groups in total. The van der Waals surface area contributed by atoms with E-state index in [0.29, 0.717) is 11.3 Å². The minimum absolute atomic E-state index is 0.0245. The molecule has 3 rings (SSSR count). The van der Waals surface area contributed by atoms with Crippen molar-refractivity contribution < 1.29 is 9.59 Å². The van der Waals surface area contributed by atoms with Crippen LogP contribution in [0.25, 0.3) is 0 Å². The number of aryl methyl sites for hydroxylation is 1. The van der Waals surface area contributed by atoms with Gasteiger partial charge in [-0.25, -0.2) is 4.79 Å². The number of carbonyl (C=O) groups is 2. The van der Waals surface area contributed by atoms with E-state index < -0.39 is 5.54 Å². The Morgan fingerprint density at radius 2 is 1.79 bits per heavy atom. The van der Waals surface area contributed by atoms with Gasteiger partial charge in [-0.05, 0) is 43.5 Å². The largest absolute Gasteiger partial charge is 0.337 e. The van der Waals surface area contributed by atoms with Crippen LogP contribution in [0, 0.1) is 6.92 Å². The maximum Gasteiger partial charge on any atom is 0.319 e. The monoisotopic (exact) mass is 411 g/mol. The number of nitrogens with zero attached hydrogens (tertiary/aromatic N) is 1. The second-order valence-corrected chi connectivity index (χ2v) is 8.79. The number of benzene rings is 2. The first-order valence-electron chi connectivity index (χ1n) is 10.1. The van der Waals surface area contributed by atoms with Crippen molar-refractivity contribution in [1.82, 2.24) is 10.2 Å². The third-order valence-electron chi connectivity index (χ3n) is 5.54. The van der Waals surface area contributed by atoms with Gasteiger partial charge in [0.2, 0.25) is 0 Å². The zero-order valence-electron chi connectivity index (χ0n) is 17.3. The van der Waals surface area contributed by atoms with Crippen molar-refractivity contribution in [3.05, 3.63) is 65.2 Å². The highest BCUT2D eigenvalue weighted by Crippen LogP contribution is 2.25. The van der Waals surface area contributed by atoms with Gasteiger partial charge in [0.05, 0.1) is 5.54 Å². The number of rotatable bonds is 5. The highest BCUT2D eigenvalue weighted by molar-refractivity contribution is 7.99. The van der Waals surface area contributed by atoms with Gasteiger partial charge in [0, 0.05) is 35.8 Å². The number of anilines is 1. The quantitative estimate of drug-likeness (QED) is 0.754. The summed E-state index contributed by atoms with van der Waals surface area (Å²) in [6.07, 6.45) is 0.759. The molecule has 0 spiro atoms. The Morgan fingerprint density at radius 3 is 2.45 bits per heavy atom. The molecule has 154 valence electrons. The standard InChI is InChI=1S/C23H29N3O2S/c1-4-23(3,19-8-6-5-7-9-19)25-22(28)24-20-16-18(11-10-17(20)2)21(27)26-12-14-29-15-13-26/h5-11,16H,4,12-15H2,1-3H3,(H2,24,25,28). The molecule has 2 aromatic rings. The predicted molar refractivity (Wildman–Crippen MR) is 121 cm³/mol. The van der Waals surface area contributed by atoms with E-state index in [1.807, 2.05) is 73.0 Å². The van der Waals surface area contributed by atoms with E-state index in [1.165, 1.54) is 0 Å². The maximum absolute atomic E-state index is 12.8. The lowest BCUT2D eigenvalue weighted by Crippen LogP contribution is -2.45. The second kappa shape index (κ2) is 9.35. The SMILES string of the molecule is CCC(C)(NC(=O)Nc1cc(C(=O)N2CCSCC2)ccc1C)c1ccccc1. The van der Waals surface area contributed by atoms with Gasteiger partial charge in [0.15, 0.2) is 0 Å². The molecule has 1 atom stereocenters. The van der Waals surface area contributed by atoms with Crippen LogP contribution in [0.4, 0.5) is 10.5 Å². The zero-order valence-corrected chi connectivity index (χ0v) is 18.1. The Kier molecular flexibility index (Phi) is 6.85. The summed E-state index contributed by atoms with van der Waals surface area (Å²) in [6.45, 7) is 7.54. The molecule has 0 saturated carbocycles. The molecule has 0 aromatic heterocycles. The molecule has 2 aromatic carbocycles. The van der Waals surface area contributed by atoms with Crippen LogP contribution in [-0.2, 0) is 5.54 Å². The van der Waals surface area contributed by atoms with Crippen molar-refractivity contribution >= 4 is 29.4 Å². The number of thioether (sulfide) groups is 1. The lowest BCUT2D eigenvalue weighted by molar-refractivity contribution is 0.0772. The van der Waals surface area contributed by atoms with E-state index in [9.17, 15) is 9.59 Å². The number of amides is 3. The van der Waals surface area contributed by atoms with Crippen molar-refractivity contribution in [2.24, 2.45) is 0 Å². The predicted octanol–water partition coefficient (Wildman–Crippen LogP) is 4.63. The van der Waals surface area contributed by atoms with E-state index in [1.54, 1.807) is 6.07 Å². The van der Waals surface area contributed by atoms with Crippen LogP contribution in [-0.4, -0.2) is 41.4 Å². The molecule has 1 saturated heterocycles. The van der Waals surface area contributed by atoms with Gasteiger partial charge in [0.25, 0.3) is 5.91 Å². The van der Waals surface area contributed by atoms with Crippen LogP contribution >= 0.6 is 11.8 Å². The minimum atomic E-state index is -0.474. The second-order valence-electron chi connectivity index (χ2n) is 7.57. The zero-order chi connectivity index (χ0) is 20.9. The minimum Gasteiger partial charge on any atom is -0.337 e. The van der Waals surface area contributed by atoms with Crippen molar-refractivity contribution in [2.45, 2.75) is 32.7 Å². The number of hydrogen-bond donors (Lipinski definition) is 2. The van der Waals surface area contributed by atoms with Gasteiger partial charge >= 0.3 is 6.03 Å². The topological polar surface area (TPSA) is 61.4 Å². The summed E-state index contributed by atoms with van der Waals surface area (Å²) in [7, 11) is 0. The highest BCUT2D eigenvalue weighted by atomic mass is 32.2. The number of carbonyl (C=O) groups excluding carboxylic acids is 2. The third-order valence-corrected chi connectivity index (χ3v) is 6.48. The summed E-state index contributed by atoms with van der Waals surface area (Å²) in [5.74, 6) is 1.97. The molecule has 1 aliphatic rings. The van der Waals surface area contributed by atoms with Crippen LogP contribution in [0.3, 0.4) is 0 Å². The number of nitrogens with one attached hydrogen (secondary N) is 2. The molecule has 0 bridgehead atoms. The molecule has 6 heteroatoms. The summed E-state index contributed by atoms with van der Waals surface area (Å²) < 4.78 is 0. The van der Waals surface area contributed by atoms with Crippen molar-refractivity contribution in [3.8, 4) is 0 Å². The van der Waals surface area contributed by atoms with Crippen LogP contribution in [0.1, 0.15) is 41.8 Å². The molecule has 0 radical (unpaired) electrons. The summed E-state index contributed by atoms with van der Waals surface area (Å²) in [5, 5.41) is 6.04. The molecule has 1 heterocycles. The smallest absolute Gasteiger partial charge is 0.319 e. The maximum atomic E-state index is 12.8. The fourth-order valence-corrected chi connectivity index (χ4v) is 4.32. The Bertz CT molecular complexity index is 866. The average Bonchev–Trinajstić information content (AvgIpc) is 2.76. The van der Waals surface area contributed by atoms with Crippen LogP contribution < -0.4 is 10.6 Å². The lowest BCUT2D eigenvalue weighted by Gasteiger charge is -2.30.